The first-order chi connectivity index (χ1) is 7.18. The van der Waals surface area contributed by atoms with Crippen LogP contribution in [0.25, 0.3) is 11.0 Å². The van der Waals surface area contributed by atoms with Crippen LogP contribution in [-0.2, 0) is 11.2 Å². The SMILES string of the molecule is NC(Cc1cccc2nsnc12)C(=O)O.[Cl-]. The van der Waals surface area contributed by atoms with Crippen molar-refractivity contribution in [1.82, 2.24) is 8.75 Å². The topological polar surface area (TPSA) is 89.1 Å². The third kappa shape index (κ3) is 2.46. The molecule has 1 heterocycles. The number of nitrogens with two attached hydrogens (primary N) is 1. The van der Waals surface area contributed by atoms with Crippen molar-refractivity contribution in [2.45, 2.75) is 12.5 Å². The van der Waals surface area contributed by atoms with Gasteiger partial charge in [0.15, 0.2) is 0 Å². The number of hydrogen-bond donors (Lipinski definition) is 2. The van der Waals surface area contributed by atoms with Crippen LogP contribution in [0.2, 0.25) is 0 Å². The maximum atomic E-state index is 10.6. The first kappa shape index (κ1) is 12.8. The molecule has 3 N–H and O–H groups in total. The Labute approximate surface area is 102 Å². The van der Waals surface area contributed by atoms with E-state index in [1.165, 1.54) is 0 Å². The zero-order valence-corrected chi connectivity index (χ0v) is 9.70. The molecule has 0 saturated heterocycles. The van der Waals surface area contributed by atoms with E-state index in [2.05, 4.69) is 8.75 Å². The Morgan fingerprint density at radius 3 is 2.94 bits per heavy atom. The van der Waals surface area contributed by atoms with E-state index >= 15 is 0 Å². The number of carboxylic acids is 1. The molecule has 0 saturated carbocycles. The van der Waals surface area contributed by atoms with E-state index in [0.29, 0.717) is 0 Å². The van der Waals surface area contributed by atoms with Gasteiger partial charge in [-0.3, -0.25) is 4.79 Å². The summed E-state index contributed by atoms with van der Waals surface area (Å²) in [6.07, 6.45) is 0.276. The lowest BCUT2D eigenvalue weighted by atomic mass is 10.1. The van der Waals surface area contributed by atoms with Crippen LogP contribution in [0.4, 0.5) is 0 Å². The van der Waals surface area contributed by atoms with Gasteiger partial charge in [-0.15, -0.1) is 0 Å². The number of benzene rings is 1. The van der Waals surface area contributed by atoms with Crippen molar-refractivity contribution in [2.75, 3.05) is 0 Å². The summed E-state index contributed by atoms with van der Waals surface area (Å²) in [7, 11) is 0. The van der Waals surface area contributed by atoms with Crippen LogP contribution in [0.1, 0.15) is 5.56 Å². The van der Waals surface area contributed by atoms with E-state index in [1.54, 1.807) is 0 Å². The van der Waals surface area contributed by atoms with Gasteiger partial charge in [0, 0.05) is 6.42 Å². The molecule has 1 aromatic heterocycles. The van der Waals surface area contributed by atoms with Crippen LogP contribution >= 0.6 is 11.7 Å². The van der Waals surface area contributed by atoms with Crippen molar-refractivity contribution >= 4 is 28.7 Å². The molecule has 0 spiro atoms. The van der Waals surface area contributed by atoms with Crippen LogP contribution in [0.15, 0.2) is 18.2 Å². The van der Waals surface area contributed by atoms with Crippen molar-refractivity contribution in [3.63, 3.8) is 0 Å². The van der Waals surface area contributed by atoms with Crippen LogP contribution < -0.4 is 18.1 Å². The van der Waals surface area contributed by atoms with Gasteiger partial charge in [0.2, 0.25) is 0 Å². The van der Waals surface area contributed by atoms with E-state index in [9.17, 15) is 4.79 Å². The first-order valence-corrected chi connectivity index (χ1v) is 5.10. The van der Waals surface area contributed by atoms with Gasteiger partial charge in [0.25, 0.3) is 0 Å². The molecular formula is C9H9ClN3O2S-. The van der Waals surface area contributed by atoms with Gasteiger partial charge >= 0.3 is 5.97 Å². The maximum absolute atomic E-state index is 10.6. The molecule has 1 unspecified atom stereocenters. The minimum atomic E-state index is -1.00. The summed E-state index contributed by atoms with van der Waals surface area (Å²) in [6.45, 7) is 0. The summed E-state index contributed by atoms with van der Waals surface area (Å²) >= 11 is 1.11. The molecule has 1 aromatic carbocycles. The standard InChI is InChI=1S/C9H9N3O2S.ClH/c10-6(9(13)14)4-5-2-1-3-7-8(5)12-15-11-7;/h1-3,6H,4,10H2,(H,13,14);1H/p-1. The van der Waals surface area contributed by atoms with Crippen molar-refractivity contribution in [3.05, 3.63) is 23.8 Å². The first-order valence-electron chi connectivity index (χ1n) is 4.37. The Morgan fingerprint density at radius 1 is 1.50 bits per heavy atom. The zero-order valence-electron chi connectivity index (χ0n) is 8.13. The maximum Gasteiger partial charge on any atom is 0.320 e. The molecule has 1 atom stereocenters. The van der Waals surface area contributed by atoms with Gasteiger partial charge in [-0.25, -0.2) is 0 Å². The average molecular weight is 259 g/mol. The number of nitrogens with zero attached hydrogens (tertiary/aromatic N) is 2. The minimum Gasteiger partial charge on any atom is -1.00 e. The fraction of sp³-hybridized carbons (Fsp3) is 0.222. The predicted octanol–water partition coefficient (Wildman–Crippen LogP) is -2.35. The summed E-state index contributed by atoms with van der Waals surface area (Å²) in [6, 6.07) is 4.60. The number of hydrogen-bond acceptors (Lipinski definition) is 5. The van der Waals surface area contributed by atoms with E-state index in [-0.39, 0.29) is 18.8 Å². The van der Waals surface area contributed by atoms with Crippen molar-refractivity contribution < 1.29 is 22.3 Å². The number of halogens is 1. The second kappa shape index (κ2) is 5.20. The smallest absolute Gasteiger partial charge is 0.320 e. The lowest BCUT2D eigenvalue weighted by molar-refractivity contribution is -0.138. The summed E-state index contributed by atoms with van der Waals surface area (Å²) < 4.78 is 8.19. The number of fused-ring (bicyclic) bond motifs is 1. The molecule has 7 heteroatoms. The Hall–Kier alpha value is -1.24. The Bertz CT molecular complexity index is 502. The lowest BCUT2D eigenvalue weighted by Gasteiger charge is -2.05. The third-order valence-corrected chi connectivity index (χ3v) is 2.67. The van der Waals surface area contributed by atoms with E-state index < -0.39 is 12.0 Å². The summed E-state index contributed by atoms with van der Waals surface area (Å²) in [5.74, 6) is -1.00. The molecule has 0 aliphatic heterocycles. The van der Waals surface area contributed by atoms with Crippen molar-refractivity contribution in [1.29, 1.82) is 0 Å². The van der Waals surface area contributed by atoms with Gasteiger partial charge in [-0.05, 0) is 11.6 Å². The van der Waals surface area contributed by atoms with Gasteiger partial charge in [0.05, 0.1) is 11.7 Å². The van der Waals surface area contributed by atoms with E-state index in [4.69, 9.17) is 10.8 Å². The molecule has 0 radical (unpaired) electrons. The highest BCUT2D eigenvalue weighted by molar-refractivity contribution is 7.00. The van der Waals surface area contributed by atoms with Crippen LogP contribution in [-0.4, -0.2) is 25.9 Å². The molecule has 86 valence electrons. The van der Waals surface area contributed by atoms with Crippen LogP contribution in [0, 0.1) is 0 Å². The number of carbonyl (C=O) groups is 1. The fourth-order valence-electron chi connectivity index (χ4n) is 1.35. The van der Waals surface area contributed by atoms with Gasteiger partial charge in [0.1, 0.15) is 17.1 Å². The monoisotopic (exact) mass is 258 g/mol. The molecule has 16 heavy (non-hydrogen) atoms. The second-order valence-corrected chi connectivity index (χ2v) is 3.73. The van der Waals surface area contributed by atoms with Gasteiger partial charge in [-0.1, -0.05) is 12.1 Å². The predicted molar refractivity (Wildman–Crippen MR) is 56.7 cm³/mol. The highest BCUT2D eigenvalue weighted by Gasteiger charge is 2.14. The molecule has 0 aliphatic carbocycles. The molecule has 2 rings (SSSR count). The van der Waals surface area contributed by atoms with Crippen LogP contribution in [0.3, 0.4) is 0 Å². The quantitative estimate of drug-likeness (QED) is 0.644. The van der Waals surface area contributed by atoms with Gasteiger partial charge in [-0.2, -0.15) is 8.75 Å². The highest BCUT2D eigenvalue weighted by Crippen LogP contribution is 2.17. The van der Waals surface area contributed by atoms with Crippen LogP contribution in [0.5, 0.6) is 0 Å². The fourth-order valence-corrected chi connectivity index (χ4v) is 1.92. The molecule has 0 bridgehead atoms. The molecular weight excluding hydrogens is 250 g/mol. The second-order valence-electron chi connectivity index (χ2n) is 3.20. The van der Waals surface area contributed by atoms with Crippen molar-refractivity contribution in [2.24, 2.45) is 5.73 Å². The summed E-state index contributed by atoms with van der Waals surface area (Å²) in [5.41, 5.74) is 7.83. The normalized spacial score (nSPS) is 12.1. The molecule has 2 aromatic rings. The summed E-state index contributed by atoms with van der Waals surface area (Å²) in [4.78, 5) is 10.6. The zero-order chi connectivity index (χ0) is 10.8. The number of aromatic nitrogens is 2. The largest absolute Gasteiger partial charge is 1.00 e. The number of carboxylic acid groups (broad SMARTS) is 1. The molecule has 0 aliphatic rings. The molecule has 0 fully saturated rings. The van der Waals surface area contributed by atoms with Crippen molar-refractivity contribution in [3.8, 4) is 0 Å². The number of aliphatic carboxylic acids is 1. The Kier molecular flexibility index (Phi) is 4.17. The molecule has 0 amide bonds. The summed E-state index contributed by atoms with van der Waals surface area (Å²) in [5, 5.41) is 8.71. The lowest BCUT2D eigenvalue weighted by Crippen LogP contribution is -3.00. The minimum absolute atomic E-state index is 0. The average Bonchev–Trinajstić information content (AvgIpc) is 2.66. The van der Waals surface area contributed by atoms with E-state index in [0.717, 1.165) is 28.3 Å². The Balaban J connectivity index is 0.00000128. The number of rotatable bonds is 3. The third-order valence-electron chi connectivity index (χ3n) is 2.13. The Morgan fingerprint density at radius 2 is 2.25 bits per heavy atom. The van der Waals surface area contributed by atoms with Gasteiger partial charge < -0.3 is 23.2 Å². The highest BCUT2D eigenvalue weighted by atomic mass is 35.5. The van der Waals surface area contributed by atoms with E-state index in [1.807, 2.05) is 18.2 Å². The molecule has 5 nitrogen and oxygen atoms in total.